The van der Waals surface area contributed by atoms with Crippen molar-refractivity contribution in [3.05, 3.63) is 23.6 Å². The van der Waals surface area contributed by atoms with Crippen LogP contribution >= 0.6 is 0 Å². The van der Waals surface area contributed by atoms with Crippen molar-refractivity contribution in [1.82, 2.24) is 10.3 Å². The van der Waals surface area contributed by atoms with Crippen molar-refractivity contribution in [3.63, 3.8) is 0 Å². The maximum absolute atomic E-state index is 13.7. The molecule has 1 aromatic heterocycles. The maximum Gasteiger partial charge on any atom is 0.250 e. The molecule has 0 radical (unpaired) electrons. The van der Waals surface area contributed by atoms with Crippen LogP contribution in [0, 0.1) is 5.82 Å². The Hall–Kier alpha value is -1.16. The van der Waals surface area contributed by atoms with Gasteiger partial charge in [0.1, 0.15) is 0 Å². The van der Waals surface area contributed by atoms with E-state index in [1.54, 1.807) is 19.3 Å². The second kappa shape index (κ2) is 5.66. The average Bonchev–Trinajstić information content (AvgIpc) is 2.24. The molecule has 1 N–H and O–H groups in total. The van der Waals surface area contributed by atoms with Crippen molar-refractivity contribution in [3.8, 4) is 5.88 Å². The van der Waals surface area contributed by atoms with Gasteiger partial charge >= 0.3 is 0 Å². The summed E-state index contributed by atoms with van der Waals surface area (Å²) in [5.41, 5.74) is 0.575. The van der Waals surface area contributed by atoms with E-state index in [2.05, 4.69) is 10.3 Å². The molecule has 1 unspecified atom stereocenters. The van der Waals surface area contributed by atoms with Gasteiger partial charge in [-0.1, -0.05) is 6.92 Å². The van der Waals surface area contributed by atoms with Gasteiger partial charge in [-0.2, -0.15) is 0 Å². The summed E-state index contributed by atoms with van der Waals surface area (Å²) in [4.78, 5) is 3.88. The highest BCUT2D eigenvalue weighted by Gasteiger charge is 2.12. The Morgan fingerprint density at radius 3 is 2.93 bits per heavy atom. The van der Waals surface area contributed by atoms with E-state index in [0.29, 0.717) is 12.1 Å². The number of hydrogen-bond donors (Lipinski definition) is 1. The first-order valence-corrected chi connectivity index (χ1v) is 5.13. The van der Waals surface area contributed by atoms with Gasteiger partial charge in [-0.25, -0.2) is 9.37 Å². The molecule has 0 amide bonds. The third-order valence-electron chi connectivity index (χ3n) is 2.19. The normalized spacial score (nSPS) is 12.5. The predicted octanol–water partition coefficient (Wildman–Crippen LogP) is 2.12. The van der Waals surface area contributed by atoms with E-state index in [0.717, 1.165) is 6.42 Å². The number of ether oxygens (including phenoxy) is 1. The van der Waals surface area contributed by atoms with E-state index >= 15 is 0 Å². The fourth-order valence-electron chi connectivity index (χ4n) is 1.15. The van der Waals surface area contributed by atoms with Crippen LogP contribution in [-0.4, -0.2) is 18.1 Å². The summed E-state index contributed by atoms with van der Waals surface area (Å²) >= 11 is 0. The highest BCUT2D eigenvalue weighted by molar-refractivity contribution is 5.23. The number of hydrogen-bond acceptors (Lipinski definition) is 3. The Bertz CT molecular complexity index is 317. The van der Waals surface area contributed by atoms with E-state index in [9.17, 15) is 4.39 Å². The molecule has 4 heteroatoms. The lowest BCUT2D eigenvalue weighted by Crippen LogP contribution is -2.14. The molecule has 0 spiro atoms. The van der Waals surface area contributed by atoms with Crippen molar-refractivity contribution in [2.45, 2.75) is 32.9 Å². The van der Waals surface area contributed by atoms with Crippen LogP contribution in [0.2, 0.25) is 0 Å². The van der Waals surface area contributed by atoms with Gasteiger partial charge < -0.3 is 10.1 Å². The van der Waals surface area contributed by atoms with Gasteiger partial charge in [0.2, 0.25) is 0 Å². The Morgan fingerprint density at radius 1 is 1.60 bits per heavy atom. The predicted molar refractivity (Wildman–Crippen MR) is 57.3 cm³/mol. The Morgan fingerprint density at radius 2 is 2.33 bits per heavy atom. The molecule has 1 atom stereocenters. The first-order valence-electron chi connectivity index (χ1n) is 5.13. The number of aromatic nitrogens is 1. The molecule has 1 heterocycles. The quantitative estimate of drug-likeness (QED) is 0.811. The smallest absolute Gasteiger partial charge is 0.250 e. The van der Waals surface area contributed by atoms with E-state index in [1.807, 2.05) is 13.8 Å². The van der Waals surface area contributed by atoms with E-state index in [-0.39, 0.29) is 17.8 Å². The second-order valence-corrected chi connectivity index (χ2v) is 3.46. The summed E-state index contributed by atoms with van der Waals surface area (Å²) in [7, 11) is 1.77. The Kier molecular flexibility index (Phi) is 4.49. The van der Waals surface area contributed by atoms with Crippen LogP contribution in [0.15, 0.2) is 12.3 Å². The minimum atomic E-state index is -0.368. The molecule has 84 valence electrons. The van der Waals surface area contributed by atoms with Crippen molar-refractivity contribution >= 4 is 0 Å². The topological polar surface area (TPSA) is 34.1 Å². The van der Waals surface area contributed by atoms with Gasteiger partial charge in [0.15, 0.2) is 5.82 Å². The SMILES string of the molecule is CCC(C)Oc1nccc(CNC)c1F. The molecule has 0 aliphatic rings. The maximum atomic E-state index is 13.7. The highest BCUT2D eigenvalue weighted by Crippen LogP contribution is 2.18. The van der Waals surface area contributed by atoms with Crippen molar-refractivity contribution < 1.29 is 9.13 Å². The minimum absolute atomic E-state index is 0.0168. The molecule has 1 rings (SSSR count). The van der Waals surface area contributed by atoms with Crippen molar-refractivity contribution in [2.24, 2.45) is 0 Å². The lowest BCUT2D eigenvalue weighted by Gasteiger charge is -2.13. The number of halogens is 1. The molecule has 0 aromatic carbocycles. The zero-order valence-electron chi connectivity index (χ0n) is 9.38. The summed E-state index contributed by atoms with van der Waals surface area (Å²) in [5.74, 6) is -0.274. The molecule has 0 saturated heterocycles. The van der Waals surface area contributed by atoms with E-state index < -0.39 is 0 Å². The average molecular weight is 212 g/mol. The van der Waals surface area contributed by atoms with Gasteiger partial charge in [0.05, 0.1) is 6.10 Å². The van der Waals surface area contributed by atoms with Crippen LogP contribution in [-0.2, 0) is 6.54 Å². The Labute approximate surface area is 89.7 Å². The highest BCUT2D eigenvalue weighted by atomic mass is 19.1. The van der Waals surface area contributed by atoms with Crippen LogP contribution < -0.4 is 10.1 Å². The summed E-state index contributed by atoms with van der Waals surface area (Å²) < 4.78 is 19.1. The fourth-order valence-corrected chi connectivity index (χ4v) is 1.15. The molecule has 0 bridgehead atoms. The number of nitrogens with zero attached hydrogens (tertiary/aromatic N) is 1. The number of pyridine rings is 1. The third-order valence-corrected chi connectivity index (χ3v) is 2.19. The first-order chi connectivity index (χ1) is 7.19. The molecule has 0 aliphatic carbocycles. The molecule has 0 saturated carbocycles. The van der Waals surface area contributed by atoms with Crippen LogP contribution in [0.1, 0.15) is 25.8 Å². The zero-order chi connectivity index (χ0) is 11.3. The van der Waals surface area contributed by atoms with Gasteiger partial charge in [-0.15, -0.1) is 0 Å². The van der Waals surface area contributed by atoms with Crippen LogP contribution in [0.5, 0.6) is 5.88 Å². The second-order valence-electron chi connectivity index (χ2n) is 3.46. The van der Waals surface area contributed by atoms with Gasteiger partial charge in [0, 0.05) is 18.3 Å². The zero-order valence-corrected chi connectivity index (χ0v) is 9.38. The largest absolute Gasteiger partial charge is 0.473 e. The Balaban J connectivity index is 2.84. The standard InChI is InChI=1S/C11H17FN2O/c1-4-8(2)15-11-10(12)9(7-13-3)5-6-14-11/h5-6,8,13H,4,7H2,1-3H3. The molecule has 0 aliphatic heterocycles. The van der Waals surface area contributed by atoms with Crippen LogP contribution in [0.4, 0.5) is 4.39 Å². The van der Waals surface area contributed by atoms with Crippen molar-refractivity contribution in [1.29, 1.82) is 0 Å². The lowest BCUT2D eigenvalue weighted by atomic mass is 10.2. The summed E-state index contributed by atoms with van der Waals surface area (Å²) in [6.07, 6.45) is 2.38. The van der Waals surface area contributed by atoms with Gasteiger partial charge in [0.25, 0.3) is 5.88 Å². The van der Waals surface area contributed by atoms with E-state index in [4.69, 9.17) is 4.74 Å². The van der Waals surface area contributed by atoms with Crippen molar-refractivity contribution in [2.75, 3.05) is 7.05 Å². The molecule has 0 fully saturated rings. The molecular formula is C11H17FN2O. The van der Waals surface area contributed by atoms with Crippen LogP contribution in [0.25, 0.3) is 0 Å². The van der Waals surface area contributed by atoms with Crippen LogP contribution in [0.3, 0.4) is 0 Å². The van der Waals surface area contributed by atoms with Gasteiger partial charge in [-0.05, 0) is 26.5 Å². The first kappa shape index (κ1) is 11.9. The number of rotatable bonds is 5. The minimum Gasteiger partial charge on any atom is -0.473 e. The fraction of sp³-hybridized carbons (Fsp3) is 0.545. The molecular weight excluding hydrogens is 195 g/mol. The monoisotopic (exact) mass is 212 g/mol. The lowest BCUT2D eigenvalue weighted by molar-refractivity contribution is 0.197. The van der Waals surface area contributed by atoms with Gasteiger partial charge in [-0.3, -0.25) is 0 Å². The summed E-state index contributed by atoms with van der Waals surface area (Å²) in [6, 6.07) is 1.65. The summed E-state index contributed by atoms with van der Waals surface area (Å²) in [5, 5.41) is 2.90. The molecule has 3 nitrogen and oxygen atoms in total. The summed E-state index contributed by atoms with van der Waals surface area (Å²) in [6.45, 7) is 4.36. The molecule has 1 aromatic rings. The number of nitrogens with one attached hydrogen (secondary N) is 1. The molecule has 15 heavy (non-hydrogen) atoms. The van der Waals surface area contributed by atoms with E-state index in [1.165, 1.54) is 0 Å². The third kappa shape index (κ3) is 3.16.